The van der Waals surface area contributed by atoms with Gasteiger partial charge in [-0.25, -0.2) is 8.78 Å². The number of nitrogens with zero attached hydrogens (tertiary/aromatic N) is 2. The molecule has 1 N–H and O–H groups in total. The van der Waals surface area contributed by atoms with E-state index in [9.17, 15) is 14.4 Å². The summed E-state index contributed by atoms with van der Waals surface area (Å²) in [5.41, 5.74) is -0.218. The standard InChI is InChI=1S/C33H25F2N3O6/c1-42-29-16-20-25(17-30(29)43-2)36-12-11-28(20)44-19-13-23(34)31(24(35)14-19)37-32(40)22-15-21-26(9-6-10-27(21)39)38(33(22)41)18-7-4-3-5-8-18/h3-5,7-8,11-17H,6,9-10H2,1-2H3,(H,37,40). The molecule has 0 saturated heterocycles. The Morgan fingerprint density at radius 3 is 2.30 bits per heavy atom. The maximum absolute atomic E-state index is 15.3. The molecule has 0 fully saturated rings. The van der Waals surface area contributed by atoms with Crippen molar-refractivity contribution in [3.8, 4) is 28.7 Å². The highest BCUT2D eigenvalue weighted by atomic mass is 19.1. The van der Waals surface area contributed by atoms with Gasteiger partial charge < -0.3 is 19.5 Å². The fraction of sp³-hybridized carbons (Fsp3) is 0.152. The number of ether oxygens (including phenoxy) is 3. The van der Waals surface area contributed by atoms with Crippen molar-refractivity contribution >= 4 is 28.3 Å². The van der Waals surface area contributed by atoms with Crippen molar-refractivity contribution in [1.29, 1.82) is 0 Å². The van der Waals surface area contributed by atoms with Crippen LogP contribution in [0.5, 0.6) is 23.0 Å². The summed E-state index contributed by atoms with van der Waals surface area (Å²) in [6.07, 6.45) is 2.76. The molecule has 1 amide bonds. The zero-order valence-corrected chi connectivity index (χ0v) is 23.6. The minimum Gasteiger partial charge on any atom is -0.493 e. The maximum Gasteiger partial charge on any atom is 0.268 e. The lowest BCUT2D eigenvalue weighted by Crippen LogP contribution is -2.33. The van der Waals surface area contributed by atoms with Gasteiger partial charge in [0.25, 0.3) is 11.5 Å². The van der Waals surface area contributed by atoms with Gasteiger partial charge in [-0.05, 0) is 43.2 Å². The molecule has 5 aromatic rings. The first-order chi connectivity index (χ1) is 21.3. The first kappa shape index (κ1) is 28.5. The number of anilines is 1. The number of carbonyl (C=O) groups is 2. The van der Waals surface area contributed by atoms with E-state index in [1.807, 2.05) is 0 Å². The van der Waals surface area contributed by atoms with E-state index in [4.69, 9.17) is 14.2 Å². The quantitative estimate of drug-likeness (QED) is 0.236. The zero-order chi connectivity index (χ0) is 31.0. The molecule has 0 bridgehead atoms. The average molecular weight is 598 g/mol. The number of methoxy groups -OCH3 is 2. The number of para-hydroxylation sites is 1. The van der Waals surface area contributed by atoms with E-state index in [0.717, 1.165) is 12.1 Å². The fourth-order valence-corrected chi connectivity index (χ4v) is 5.28. The SMILES string of the molecule is COc1cc2nccc(Oc3cc(F)c(NC(=O)c4cc5c(n(-c6ccccc6)c4=O)CCCC5=O)c(F)c3)c2cc1OC. The molecule has 2 heterocycles. The Balaban J connectivity index is 1.34. The van der Waals surface area contributed by atoms with Crippen LogP contribution in [-0.4, -0.2) is 35.5 Å². The molecule has 0 atom stereocenters. The highest BCUT2D eigenvalue weighted by Gasteiger charge is 2.27. The molecule has 0 unspecified atom stereocenters. The number of Topliss-reactive ketones (excluding diaryl/α,β-unsaturated/α-hetero) is 1. The summed E-state index contributed by atoms with van der Waals surface area (Å²) in [5.74, 6) is -2.65. The first-order valence-corrected chi connectivity index (χ1v) is 13.7. The summed E-state index contributed by atoms with van der Waals surface area (Å²) in [6, 6.07) is 16.4. The van der Waals surface area contributed by atoms with Crippen molar-refractivity contribution in [2.75, 3.05) is 19.5 Å². The number of fused-ring (bicyclic) bond motifs is 2. The second kappa shape index (κ2) is 11.6. The minimum absolute atomic E-state index is 0.189. The number of nitrogens with one attached hydrogen (secondary N) is 1. The van der Waals surface area contributed by atoms with Gasteiger partial charge in [0.15, 0.2) is 28.9 Å². The van der Waals surface area contributed by atoms with Crippen molar-refractivity contribution in [2.45, 2.75) is 19.3 Å². The van der Waals surface area contributed by atoms with Crippen LogP contribution in [0.25, 0.3) is 16.6 Å². The number of rotatable bonds is 7. The van der Waals surface area contributed by atoms with Crippen molar-refractivity contribution in [3.05, 3.63) is 112 Å². The number of aromatic nitrogens is 2. The summed E-state index contributed by atoms with van der Waals surface area (Å²) in [6.45, 7) is 0. The van der Waals surface area contributed by atoms with E-state index >= 15 is 8.78 Å². The second-order valence-corrected chi connectivity index (χ2v) is 10.0. The van der Waals surface area contributed by atoms with Gasteiger partial charge >= 0.3 is 0 Å². The minimum atomic E-state index is -1.14. The summed E-state index contributed by atoms with van der Waals surface area (Å²) in [7, 11) is 2.96. The molecule has 3 aromatic carbocycles. The third-order valence-corrected chi connectivity index (χ3v) is 7.37. The number of amides is 1. The van der Waals surface area contributed by atoms with E-state index in [2.05, 4.69) is 10.3 Å². The molecule has 0 spiro atoms. The molecule has 9 nitrogen and oxygen atoms in total. The number of ketones is 1. The van der Waals surface area contributed by atoms with E-state index in [1.165, 1.54) is 37.1 Å². The summed E-state index contributed by atoms with van der Waals surface area (Å²) in [4.78, 5) is 43.9. The molecular formula is C33H25F2N3O6. The van der Waals surface area contributed by atoms with Crippen molar-refractivity contribution in [2.24, 2.45) is 0 Å². The Morgan fingerprint density at radius 2 is 1.59 bits per heavy atom. The molecule has 11 heteroatoms. The maximum atomic E-state index is 15.3. The second-order valence-electron chi connectivity index (χ2n) is 10.0. The Hall–Kier alpha value is -5.58. The van der Waals surface area contributed by atoms with Crippen LogP contribution in [0.3, 0.4) is 0 Å². The van der Waals surface area contributed by atoms with E-state index in [0.29, 0.717) is 46.6 Å². The number of hydrogen-bond acceptors (Lipinski definition) is 7. The van der Waals surface area contributed by atoms with Crippen molar-refractivity contribution in [1.82, 2.24) is 9.55 Å². The van der Waals surface area contributed by atoms with E-state index < -0.39 is 34.4 Å². The summed E-state index contributed by atoms with van der Waals surface area (Å²) < 4.78 is 48.3. The molecule has 44 heavy (non-hydrogen) atoms. The lowest BCUT2D eigenvalue weighted by atomic mass is 9.92. The predicted molar refractivity (Wildman–Crippen MR) is 159 cm³/mol. The van der Waals surface area contributed by atoms with Crippen LogP contribution in [0.2, 0.25) is 0 Å². The smallest absolute Gasteiger partial charge is 0.268 e. The number of halogens is 2. The molecule has 1 aliphatic carbocycles. The normalized spacial score (nSPS) is 12.5. The number of hydrogen-bond donors (Lipinski definition) is 1. The third-order valence-electron chi connectivity index (χ3n) is 7.37. The highest BCUT2D eigenvalue weighted by molar-refractivity contribution is 6.07. The molecule has 6 rings (SSSR count). The molecular weight excluding hydrogens is 572 g/mol. The van der Waals surface area contributed by atoms with Crippen LogP contribution < -0.4 is 25.1 Å². The Kier molecular flexibility index (Phi) is 7.52. The Bertz CT molecular complexity index is 1990. The molecule has 2 aromatic heterocycles. The number of pyridine rings is 2. The zero-order valence-electron chi connectivity index (χ0n) is 23.6. The lowest BCUT2D eigenvalue weighted by Gasteiger charge is -2.21. The van der Waals surface area contributed by atoms with Gasteiger partial charge in [0.05, 0.1) is 19.7 Å². The Morgan fingerprint density at radius 1 is 0.886 bits per heavy atom. The van der Waals surface area contributed by atoms with E-state index in [-0.39, 0.29) is 29.3 Å². The average Bonchev–Trinajstić information content (AvgIpc) is 3.02. The third kappa shape index (κ3) is 5.13. The first-order valence-electron chi connectivity index (χ1n) is 13.7. The van der Waals surface area contributed by atoms with Crippen LogP contribution in [-0.2, 0) is 6.42 Å². The lowest BCUT2D eigenvalue weighted by molar-refractivity contribution is 0.0971. The monoisotopic (exact) mass is 597 g/mol. The molecule has 0 radical (unpaired) electrons. The summed E-state index contributed by atoms with van der Waals surface area (Å²) >= 11 is 0. The van der Waals surface area contributed by atoms with Crippen LogP contribution >= 0.6 is 0 Å². The number of carbonyl (C=O) groups excluding carboxylic acids is 2. The van der Waals surface area contributed by atoms with Crippen LogP contribution in [0.15, 0.2) is 77.7 Å². The van der Waals surface area contributed by atoms with Gasteiger partial charge in [-0.2, -0.15) is 0 Å². The molecule has 0 aliphatic heterocycles. The van der Waals surface area contributed by atoms with Gasteiger partial charge in [-0.1, -0.05) is 18.2 Å². The molecule has 222 valence electrons. The van der Waals surface area contributed by atoms with Crippen LogP contribution in [0.4, 0.5) is 14.5 Å². The fourth-order valence-electron chi connectivity index (χ4n) is 5.28. The molecule has 1 aliphatic rings. The van der Waals surface area contributed by atoms with Crippen LogP contribution in [0.1, 0.15) is 39.3 Å². The van der Waals surface area contributed by atoms with Gasteiger partial charge in [0.2, 0.25) is 0 Å². The van der Waals surface area contributed by atoms with Crippen molar-refractivity contribution < 1.29 is 32.6 Å². The number of benzene rings is 3. The topological polar surface area (TPSA) is 109 Å². The highest BCUT2D eigenvalue weighted by Crippen LogP contribution is 2.38. The van der Waals surface area contributed by atoms with Gasteiger partial charge in [0, 0.05) is 53.1 Å². The van der Waals surface area contributed by atoms with Gasteiger partial charge in [-0.3, -0.25) is 23.9 Å². The van der Waals surface area contributed by atoms with Crippen molar-refractivity contribution in [3.63, 3.8) is 0 Å². The van der Waals surface area contributed by atoms with Gasteiger partial charge in [0.1, 0.15) is 22.7 Å². The summed E-state index contributed by atoms with van der Waals surface area (Å²) in [5, 5.41) is 2.67. The van der Waals surface area contributed by atoms with Crippen LogP contribution in [0, 0.1) is 11.6 Å². The Labute approximate surface area is 249 Å². The predicted octanol–water partition coefficient (Wildman–Crippen LogP) is 6.24. The van der Waals surface area contributed by atoms with Gasteiger partial charge in [-0.15, -0.1) is 0 Å². The van der Waals surface area contributed by atoms with E-state index in [1.54, 1.807) is 42.5 Å². The largest absolute Gasteiger partial charge is 0.493 e. The molecule has 0 saturated carbocycles.